The van der Waals surface area contributed by atoms with Gasteiger partial charge in [0.2, 0.25) is 0 Å². The van der Waals surface area contributed by atoms with Gasteiger partial charge in [-0.2, -0.15) is 0 Å². The van der Waals surface area contributed by atoms with Crippen LogP contribution in [0.25, 0.3) is 0 Å². The van der Waals surface area contributed by atoms with Gasteiger partial charge in [-0.25, -0.2) is 4.39 Å². The van der Waals surface area contributed by atoms with E-state index in [1.165, 1.54) is 30.9 Å². The van der Waals surface area contributed by atoms with Crippen LogP contribution in [0, 0.1) is 18.7 Å². The first kappa shape index (κ1) is 14.5. The van der Waals surface area contributed by atoms with Crippen molar-refractivity contribution in [3.63, 3.8) is 0 Å². The maximum Gasteiger partial charge on any atom is 0.123 e. The highest BCUT2D eigenvalue weighted by Gasteiger charge is 2.30. The second-order valence-corrected chi connectivity index (χ2v) is 5.63. The van der Waals surface area contributed by atoms with Crippen LogP contribution < -0.4 is 5.73 Å². The number of hydrogen-bond donors (Lipinski definition) is 1. The van der Waals surface area contributed by atoms with Crippen molar-refractivity contribution in [2.45, 2.75) is 45.7 Å². The van der Waals surface area contributed by atoms with Gasteiger partial charge in [0, 0.05) is 12.6 Å². The molecule has 0 radical (unpaired) electrons. The van der Waals surface area contributed by atoms with Crippen LogP contribution in [0.1, 0.15) is 37.3 Å². The van der Waals surface area contributed by atoms with Crippen LogP contribution in [0.15, 0.2) is 18.2 Å². The maximum absolute atomic E-state index is 13.4. The van der Waals surface area contributed by atoms with Gasteiger partial charge in [0.1, 0.15) is 5.82 Å². The summed E-state index contributed by atoms with van der Waals surface area (Å²) in [5.41, 5.74) is 8.15. The third-order valence-electron chi connectivity index (χ3n) is 4.48. The molecule has 2 nitrogen and oxygen atoms in total. The van der Waals surface area contributed by atoms with E-state index in [1.807, 2.05) is 6.07 Å². The van der Waals surface area contributed by atoms with E-state index in [4.69, 9.17) is 5.73 Å². The first-order chi connectivity index (χ1) is 9.15. The maximum atomic E-state index is 13.4. The van der Waals surface area contributed by atoms with Crippen molar-refractivity contribution in [2.75, 3.05) is 13.1 Å². The Morgan fingerprint density at radius 3 is 2.84 bits per heavy atom. The summed E-state index contributed by atoms with van der Waals surface area (Å²) in [6.07, 6.45) is 3.73. The molecular weight excluding hydrogens is 239 g/mol. The summed E-state index contributed by atoms with van der Waals surface area (Å²) in [6, 6.07) is 5.64. The van der Waals surface area contributed by atoms with E-state index >= 15 is 0 Å². The molecule has 2 rings (SSSR count). The molecule has 3 heteroatoms. The molecule has 0 aromatic heterocycles. The molecule has 0 amide bonds. The second-order valence-electron chi connectivity index (χ2n) is 5.63. The minimum absolute atomic E-state index is 0.140. The Hall–Kier alpha value is -0.930. The zero-order valence-corrected chi connectivity index (χ0v) is 12.0. The number of rotatable bonds is 5. The monoisotopic (exact) mass is 264 g/mol. The molecule has 1 aromatic rings. The molecule has 0 saturated heterocycles. The van der Waals surface area contributed by atoms with Crippen LogP contribution in [0.2, 0.25) is 0 Å². The van der Waals surface area contributed by atoms with E-state index in [0.29, 0.717) is 12.0 Å². The predicted octanol–water partition coefficient (Wildman–Crippen LogP) is 3.08. The lowest BCUT2D eigenvalue weighted by Gasteiger charge is -2.32. The number of nitrogens with zero attached hydrogens (tertiary/aromatic N) is 1. The van der Waals surface area contributed by atoms with Gasteiger partial charge < -0.3 is 5.73 Å². The molecule has 1 aromatic carbocycles. The summed E-state index contributed by atoms with van der Waals surface area (Å²) in [7, 11) is 0. The van der Waals surface area contributed by atoms with Gasteiger partial charge in [-0.15, -0.1) is 0 Å². The molecule has 1 fully saturated rings. The molecule has 1 saturated carbocycles. The Bertz CT molecular complexity index is 419. The van der Waals surface area contributed by atoms with Gasteiger partial charge in [-0.05, 0) is 62.0 Å². The molecule has 0 heterocycles. The number of aryl methyl sites for hydroxylation is 1. The fraction of sp³-hybridized carbons (Fsp3) is 0.625. The number of nitrogens with two attached hydrogens (primary N) is 1. The zero-order valence-electron chi connectivity index (χ0n) is 12.0. The average Bonchev–Trinajstić information content (AvgIpc) is 2.88. The van der Waals surface area contributed by atoms with E-state index in [-0.39, 0.29) is 5.82 Å². The molecule has 1 aliphatic carbocycles. The van der Waals surface area contributed by atoms with E-state index < -0.39 is 0 Å². The minimum atomic E-state index is -0.140. The highest BCUT2D eigenvalue weighted by Crippen LogP contribution is 2.30. The Morgan fingerprint density at radius 2 is 2.16 bits per heavy atom. The van der Waals surface area contributed by atoms with Crippen LogP contribution in [-0.2, 0) is 6.54 Å². The van der Waals surface area contributed by atoms with Gasteiger partial charge in [0.05, 0.1) is 0 Å². The molecular formula is C16H25FN2. The molecule has 1 aliphatic rings. The zero-order chi connectivity index (χ0) is 13.8. The lowest BCUT2D eigenvalue weighted by Crippen LogP contribution is -2.39. The van der Waals surface area contributed by atoms with Crippen LogP contribution in [0.3, 0.4) is 0 Å². The molecule has 19 heavy (non-hydrogen) atoms. The van der Waals surface area contributed by atoms with Crippen molar-refractivity contribution >= 4 is 0 Å². The SMILES string of the molecule is CCN(Cc1cc(F)ccc1C)C1CCCC1CN. The number of hydrogen-bond acceptors (Lipinski definition) is 2. The van der Waals surface area contributed by atoms with E-state index in [2.05, 4.69) is 18.7 Å². The predicted molar refractivity (Wildman–Crippen MR) is 77.4 cm³/mol. The smallest absolute Gasteiger partial charge is 0.123 e. The van der Waals surface area contributed by atoms with Crippen LogP contribution in [0.4, 0.5) is 4.39 Å². The largest absolute Gasteiger partial charge is 0.330 e. The third-order valence-corrected chi connectivity index (χ3v) is 4.48. The summed E-state index contributed by atoms with van der Waals surface area (Å²) >= 11 is 0. The van der Waals surface area contributed by atoms with Gasteiger partial charge in [-0.1, -0.05) is 19.4 Å². The van der Waals surface area contributed by atoms with Crippen LogP contribution in [-0.4, -0.2) is 24.0 Å². The average molecular weight is 264 g/mol. The summed E-state index contributed by atoms with van der Waals surface area (Å²) in [5, 5.41) is 0. The normalized spacial score (nSPS) is 23.2. The summed E-state index contributed by atoms with van der Waals surface area (Å²) in [6.45, 7) is 6.83. The van der Waals surface area contributed by atoms with Crippen molar-refractivity contribution in [2.24, 2.45) is 11.7 Å². The fourth-order valence-electron chi connectivity index (χ4n) is 3.27. The first-order valence-corrected chi connectivity index (χ1v) is 7.34. The van der Waals surface area contributed by atoms with Gasteiger partial charge in [-0.3, -0.25) is 4.90 Å². The standard InChI is InChI=1S/C16H25FN2/c1-3-19(16-6-4-5-13(16)10-18)11-14-9-15(17)8-7-12(14)2/h7-9,13,16H,3-6,10-11,18H2,1-2H3. The Balaban J connectivity index is 2.12. The lowest BCUT2D eigenvalue weighted by atomic mass is 10.0. The number of halogens is 1. The molecule has 106 valence electrons. The summed E-state index contributed by atoms with van der Waals surface area (Å²) in [5.74, 6) is 0.465. The first-order valence-electron chi connectivity index (χ1n) is 7.34. The van der Waals surface area contributed by atoms with Crippen molar-refractivity contribution in [3.8, 4) is 0 Å². The lowest BCUT2D eigenvalue weighted by molar-refractivity contribution is 0.162. The Kier molecular flexibility index (Phi) is 4.94. The summed E-state index contributed by atoms with van der Waals surface area (Å²) < 4.78 is 13.4. The molecule has 2 unspecified atom stereocenters. The Morgan fingerprint density at radius 1 is 1.37 bits per heavy atom. The molecule has 0 spiro atoms. The van der Waals surface area contributed by atoms with E-state index in [9.17, 15) is 4.39 Å². The Labute approximate surface area is 115 Å². The quantitative estimate of drug-likeness (QED) is 0.885. The van der Waals surface area contributed by atoms with Crippen LogP contribution in [0.5, 0.6) is 0 Å². The molecule has 2 atom stereocenters. The van der Waals surface area contributed by atoms with Crippen molar-refractivity contribution in [3.05, 3.63) is 35.1 Å². The van der Waals surface area contributed by atoms with Crippen molar-refractivity contribution in [1.82, 2.24) is 4.90 Å². The van der Waals surface area contributed by atoms with Gasteiger partial charge >= 0.3 is 0 Å². The second kappa shape index (κ2) is 6.49. The summed E-state index contributed by atoms with van der Waals surface area (Å²) in [4.78, 5) is 2.46. The van der Waals surface area contributed by atoms with Crippen molar-refractivity contribution in [1.29, 1.82) is 0 Å². The van der Waals surface area contributed by atoms with E-state index in [1.54, 1.807) is 6.07 Å². The molecule has 0 bridgehead atoms. The topological polar surface area (TPSA) is 29.3 Å². The van der Waals surface area contributed by atoms with E-state index in [0.717, 1.165) is 25.2 Å². The fourth-order valence-corrected chi connectivity index (χ4v) is 3.27. The van der Waals surface area contributed by atoms with Crippen LogP contribution >= 0.6 is 0 Å². The highest BCUT2D eigenvalue weighted by molar-refractivity contribution is 5.26. The minimum Gasteiger partial charge on any atom is -0.330 e. The highest BCUT2D eigenvalue weighted by atomic mass is 19.1. The molecule has 2 N–H and O–H groups in total. The third kappa shape index (κ3) is 3.34. The van der Waals surface area contributed by atoms with Gasteiger partial charge in [0.15, 0.2) is 0 Å². The van der Waals surface area contributed by atoms with Crippen molar-refractivity contribution < 1.29 is 4.39 Å². The van der Waals surface area contributed by atoms with Gasteiger partial charge in [0.25, 0.3) is 0 Å². The molecule has 0 aliphatic heterocycles. The number of benzene rings is 1.